The molecule has 0 unspecified atom stereocenters. The van der Waals surface area contributed by atoms with E-state index in [1.54, 1.807) is 0 Å². The molecule has 129 valence electrons. The Morgan fingerprint density at radius 1 is 0.769 bits per heavy atom. The van der Waals surface area contributed by atoms with Crippen LogP contribution >= 0.6 is 0 Å². The largest absolute Gasteiger partial charge is 0.135 e. The standard InChI is InChI=1S/C24H22NO/c1-23(2)21-15-13-17(16-22(21)24(3,4)25(23)26)12-14-19-10-7-9-18-8-5-6-11-20(18)19/h5-11,13,15-16H,1-4H3. The summed E-state index contributed by atoms with van der Waals surface area (Å²) in [4.78, 5) is 0. The Hall–Kier alpha value is -2.60. The summed E-state index contributed by atoms with van der Waals surface area (Å²) in [6, 6.07) is 20.6. The van der Waals surface area contributed by atoms with Crippen LogP contribution in [0.4, 0.5) is 0 Å². The van der Waals surface area contributed by atoms with Gasteiger partial charge in [-0.2, -0.15) is 0 Å². The molecule has 0 amide bonds. The lowest BCUT2D eigenvalue weighted by molar-refractivity contribution is -0.266. The van der Waals surface area contributed by atoms with Gasteiger partial charge in [-0.05, 0) is 67.8 Å². The maximum atomic E-state index is 12.7. The Labute approximate surface area is 155 Å². The van der Waals surface area contributed by atoms with Gasteiger partial charge in [0.1, 0.15) is 0 Å². The zero-order valence-electron chi connectivity index (χ0n) is 15.6. The average molecular weight is 340 g/mol. The minimum Gasteiger partial charge on any atom is -0.135 e. The van der Waals surface area contributed by atoms with Gasteiger partial charge in [-0.15, -0.1) is 10.3 Å². The van der Waals surface area contributed by atoms with Crippen molar-refractivity contribution in [3.05, 3.63) is 82.9 Å². The van der Waals surface area contributed by atoms with Gasteiger partial charge in [0, 0.05) is 11.1 Å². The molecule has 1 heterocycles. The number of hydrogen-bond donors (Lipinski definition) is 0. The van der Waals surface area contributed by atoms with E-state index in [1.807, 2.05) is 52.0 Å². The van der Waals surface area contributed by atoms with Crippen molar-refractivity contribution in [1.82, 2.24) is 5.06 Å². The highest BCUT2D eigenvalue weighted by Crippen LogP contribution is 2.48. The summed E-state index contributed by atoms with van der Waals surface area (Å²) in [6.07, 6.45) is 0. The van der Waals surface area contributed by atoms with Crippen molar-refractivity contribution in [1.29, 1.82) is 0 Å². The molecule has 1 radical (unpaired) electrons. The molecular formula is C24H22NO. The van der Waals surface area contributed by atoms with Crippen LogP contribution in [0.25, 0.3) is 10.8 Å². The van der Waals surface area contributed by atoms with Crippen LogP contribution in [0.5, 0.6) is 0 Å². The smallest absolute Gasteiger partial charge is 0.0699 e. The summed E-state index contributed by atoms with van der Waals surface area (Å²) in [6.45, 7) is 7.93. The van der Waals surface area contributed by atoms with Crippen LogP contribution in [0.1, 0.15) is 49.9 Å². The molecule has 1 aliphatic heterocycles. The quantitative estimate of drug-likeness (QED) is 0.505. The van der Waals surface area contributed by atoms with Crippen LogP contribution < -0.4 is 0 Å². The van der Waals surface area contributed by atoms with Gasteiger partial charge in [0.2, 0.25) is 0 Å². The Balaban J connectivity index is 1.79. The molecule has 0 fully saturated rings. The molecule has 0 N–H and O–H groups in total. The fourth-order valence-electron chi connectivity index (χ4n) is 4.05. The lowest BCUT2D eigenvalue weighted by Crippen LogP contribution is -2.41. The number of hydrogen-bond acceptors (Lipinski definition) is 1. The second-order valence-electron chi connectivity index (χ2n) is 7.95. The van der Waals surface area contributed by atoms with Crippen LogP contribution in [0.3, 0.4) is 0 Å². The number of hydroxylamine groups is 2. The molecule has 0 spiro atoms. The zero-order chi connectivity index (χ0) is 18.5. The van der Waals surface area contributed by atoms with Crippen LogP contribution in [0.2, 0.25) is 0 Å². The number of rotatable bonds is 0. The third kappa shape index (κ3) is 2.44. The number of nitrogens with zero attached hydrogens (tertiary/aromatic N) is 1. The molecule has 2 heteroatoms. The van der Waals surface area contributed by atoms with Gasteiger partial charge in [0.25, 0.3) is 0 Å². The molecule has 0 aromatic heterocycles. The molecule has 2 nitrogen and oxygen atoms in total. The Morgan fingerprint density at radius 3 is 2.27 bits per heavy atom. The fraction of sp³-hybridized carbons (Fsp3) is 0.250. The Morgan fingerprint density at radius 2 is 1.46 bits per heavy atom. The number of fused-ring (bicyclic) bond motifs is 2. The van der Waals surface area contributed by atoms with Gasteiger partial charge in [0.05, 0.1) is 11.1 Å². The van der Waals surface area contributed by atoms with E-state index in [2.05, 4.69) is 48.2 Å². The maximum absolute atomic E-state index is 12.7. The first kappa shape index (κ1) is 16.8. The average Bonchev–Trinajstić information content (AvgIpc) is 2.77. The van der Waals surface area contributed by atoms with E-state index in [-0.39, 0.29) is 0 Å². The van der Waals surface area contributed by atoms with Crippen molar-refractivity contribution in [2.75, 3.05) is 0 Å². The van der Waals surface area contributed by atoms with Gasteiger partial charge in [-0.1, -0.05) is 54.3 Å². The molecule has 3 aromatic carbocycles. The Bertz CT molecular complexity index is 1060. The molecule has 3 aromatic rings. The fourth-order valence-corrected chi connectivity index (χ4v) is 4.05. The van der Waals surface area contributed by atoms with Gasteiger partial charge in [-0.25, -0.2) is 0 Å². The SMILES string of the molecule is CC1(C)c2ccc(C#Cc3cccc4ccccc34)cc2C(C)(C)N1[O]. The minimum absolute atomic E-state index is 0.513. The zero-order valence-corrected chi connectivity index (χ0v) is 15.6. The van der Waals surface area contributed by atoms with Gasteiger partial charge in [-0.3, -0.25) is 0 Å². The summed E-state index contributed by atoms with van der Waals surface area (Å²) >= 11 is 0. The third-order valence-corrected chi connectivity index (χ3v) is 5.48. The van der Waals surface area contributed by atoms with E-state index >= 15 is 0 Å². The number of benzene rings is 3. The molecule has 26 heavy (non-hydrogen) atoms. The van der Waals surface area contributed by atoms with Crippen LogP contribution in [0, 0.1) is 11.8 Å². The van der Waals surface area contributed by atoms with Crippen molar-refractivity contribution >= 4 is 10.8 Å². The van der Waals surface area contributed by atoms with E-state index in [4.69, 9.17) is 0 Å². The highest BCUT2D eigenvalue weighted by molar-refractivity contribution is 5.88. The third-order valence-electron chi connectivity index (χ3n) is 5.48. The molecule has 0 atom stereocenters. The van der Waals surface area contributed by atoms with E-state index in [9.17, 15) is 5.21 Å². The van der Waals surface area contributed by atoms with Crippen molar-refractivity contribution in [3.8, 4) is 11.8 Å². The topological polar surface area (TPSA) is 23.1 Å². The first-order valence-corrected chi connectivity index (χ1v) is 8.94. The van der Waals surface area contributed by atoms with E-state index in [0.717, 1.165) is 27.6 Å². The van der Waals surface area contributed by atoms with Crippen molar-refractivity contribution < 1.29 is 5.21 Å². The molecule has 0 saturated carbocycles. The minimum atomic E-state index is -0.546. The Kier molecular flexibility index (Phi) is 3.70. The predicted molar refractivity (Wildman–Crippen MR) is 105 cm³/mol. The first-order valence-electron chi connectivity index (χ1n) is 8.94. The molecule has 0 saturated heterocycles. The van der Waals surface area contributed by atoms with Gasteiger partial charge in [0.15, 0.2) is 0 Å². The monoisotopic (exact) mass is 340 g/mol. The van der Waals surface area contributed by atoms with Crippen molar-refractivity contribution in [2.45, 2.75) is 38.8 Å². The summed E-state index contributed by atoms with van der Waals surface area (Å²) < 4.78 is 0. The summed E-state index contributed by atoms with van der Waals surface area (Å²) in [5.74, 6) is 6.60. The normalized spacial score (nSPS) is 17.6. The molecule has 4 rings (SSSR count). The second-order valence-corrected chi connectivity index (χ2v) is 7.95. The molecule has 0 aliphatic carbocycles. The van der Waals surface area contributed by atoms with Crippen LogP contribution in [0.15, 0.2) is 60.7 Å². The lowest BCUT2D eigenvalue weighted by Gasteiger charge is -2.32. The lowest BCUT2D eigenvalue weighted by atomic mass is 9.89. The maximum Gasteiger partial charge on any atom is 0.0699 e. The summed E-state index contributed by atoms with van der Waals surface area (Å²) in [5.41, 5.74) is 3.07. The molecule has 1 aliphatic rings. The van der Waals surface area contributed by atoms with Crippen LogP contribution in [-0.4, -0.2) is 5.06 Å². The van der Waals surface area contributed by atoms with Crippen molar-refractivity contribution in [3.63, 3.8) is 0 Å². The van der Waals surface area contributed by atoms with Crippen molar-refractivity contribution in [2.24, 2.45) is 0 Å². The van der Waals surface area contributed by atoms with Gasteiger partial charge >= 0.3 is 0 Å². The van der Waals surface area contributed by atoms with Crippen LogP contribution in [-0.2, 0) is 16.3 Å². The highest BCUT2D eigenvalue weighted by Gasteiger charge is 2.49. The predicted octanol–water partition coefficient (Wildman–Crippen LogP) is 5.37. The summed E-state index contributed by atoms with van der Waals surface area (Å²) in [5, 5.41) is 16.3. The highest BCUT2D eigenvalue weighted by atomic mass is 16.5. The first-order chi connectivity index (χ1) is 12.3. The van der Waals surface area contributed by atoms with E-state index in [0.29, 0.717) is 0 Å². The van der Waals surface area contributed by atoms with E-state index in [1.165, 1.54) is 10.4 Å². The molecule has 0 bridgehead atoms. The van der Waals surface area contributed by atoms with E-state index < -0.39 is 11.1 Å². The second kappa shape index (κ2) is 5.71. The summed E-state index contributed by atoms with van der Waals surface area (Å²) in [7, 11) is 0. The molecular weight excluding hydrogens is 318 g/mol. The van der Waals surface area contributed by atoms with Gasteiger partial charge < -0.3 is 0 Å².